The van der Waals surface area contributed by atoms with E-state index in [9.17, 15) is 4.39 Å². The fourth-order valence-corrected chi connectivity index (χ4v) is 4.22. The maximum atomic E-state index is 13.5. The molecular formula is C23H20FNO. The number of benzene rings is 2. The van der Waals surface area contributed by atoms with Gasteiger partial charge in [-0.05, 0) is 60.4 Å². The first kappa shape index (κ1) is 15.6. The molecule has 1 saturated carbocycles. The van der Waals surface area contributed by atoms with E-state index in [0.717, 1.165) is 40.0 Å². The molecule has 0 radical (unpaired) electrons. The molecule has 0 bridgehead atoms. The largest absolute Gasteiger partial charge is 0.456 e. The summed E-state index contributed by atoms with van der Waals surface area (Å²) in [6, 6.07) is 15.1. The number of furan rings is 1. The maximum Gasteiger partial charge on any atom is 0.138 e. The summed E-state index contributed by atoms with van der Waals surface area (Å²) < 4.78 is 19.2. The second-order valence-corrected chi connectivity index (χ2v) is 7.36. The lowest BCUT2D eigenvalue weighted by molar-refractivity contribution is 0.546. The van der Waals surface area contributed by atoms with Gasteiger partial charge in [-0.1, -0.05) is 25.7 Å². The molecule has 130 valence electrons. The third-order valence-corrected chi connectivity index (χ3v) is 5.55. The second-order valence-electron chi connectivity index (χ2n) is 7.36. The zero-order chi connectivity index (χ0) is 17.5. The van der Waals surface area contributed by atoms with Gasteiger partial charge in [0.05, 0.1) is 5.69 Å². The molecule has 0 aliphatic heterocycles. The molecule has 0 atom stereocenters. The molecule has 0 unspecified atom stereocenters. The monoisotopic (exact) mass is 345 g/mol. The Morgan fingerprint density at radius 2 is 1.81 bits per heavy atom. The van der Waals surface area contributed by atoms with Crippen LogP contribution in [-0.2, 0) is 6.42 Å². The van der Waals surface area contributed by atoms with Crippen molar-refractivity contribution in [1.82, 2.24) is 4.98 Å². The minimum absolute atomic E-state index is 0.280. The molecule has 26 heavy (non-hydrogen) atoms. The lowest BCUT2D eigenvalue weighted by Gasteiger charge is -2.10. The number of rotatable bonds is 3. The van der Waals surface area contributed by atoms with Gasteiger partial charge in [-0.25, -0.2) is 4.39 Å². The van der Waals surface area contributed by atoms with E-state index in [0.29, 0.717) is 5.58 Å². The first-order valence-corrected chi connectivity index (χ1v) is 9.33. The van der Waals surface area contributed by atoms with Crippen molar-refractivity contribution < 1.29 is 8.81 Å². The van der Waals surface area contributed by atoms with Gasteiger partial charge < -0.3 is 4.42 Å². The molecule has 0 spiro atoms. The highest BCUT2D eigenvalue weighted by molar-refractivity contribution is 6.06. The fourth-order valence-electron chi connectivity index (χ4n) is 4.22. The van der Waals surface area contributed by atoms with Gasteiger partial charge in [0.2, 0.25) is 0 Å². The Balaban J connectivity index is 1.55. The lowest BCUT2D eigenvalue weighted by Crippen LogP contribution is -1.99. The van der Waals surface area contributed by atoms with E-state index in [1.54, 1.807) is 6.07 Å². The number of halogens is 1. The van der Waals surface area contributed by atoms with Crippen molar-refractivity contribution in [2.24, 2.45) is 5.92 Å². The van der Waals surface area contributed by atoms with Gasteiger partial charge in [-0.3, -0.25) is 4.98 Å². The molecule has 5 rings (SSSR count). The van der Waals surface area contributed by atoms with E-state index in [1.807, 2.05) is 18.3 Å². The van der Waals surface area contributed by atoms with Crippen LogP contribution in [-0.4, -0.2) is 4.98 Å². The number of hydrogen-bond donors (Lipinski definition) is 0. The van der Waals surface area contributed by atoms with Crippen molar-refractivity contribution >= 4 is 21.9 Å². The van der Waals surface area contributed by atoms with Crippen LogP contribution in [0.25, 0.3) is 33.2 Å². The van der Waals surface area contributed by atoms with Crippen molar-refractivity contribution in [3.05, 3.63) is 66.1 Å². The van der Waals surface area contributed by atoms with Crippen molar-refractivity contribution in [2.75, 3.05) is 0 Å². The van der Waals surface area contributed by atoms with Crippen molar-refractivity contribution in [1.29, 1.82) is 0 Å². The molecule has 3 heteroatoms. The van der Waals surface area contributed by atoms with Crippen LogP contribution < -0.4 is 0 Å². The van der Waals surface area contributed by atoms with Crippen LogP contribution in [0.15, 0.2) is 59.1 Å². The highest BCUT2D eigenvalue weighted by atomic mass is 19.1. The summed E-state index contributed by atoms with van der Waals surface area (Å²) in [5.41, 5.74) is 4.77. The summed E-state index contributed by atoms with van der Waals surface area (Å²) in [5.74, 6) is 0.540. The molecule has 4 aromatic rings. The number of nitrogens with zero attached hydrogens (tertiary/aromatic N) is 1. The summed E-state index contributed by atoms with van der Waals surface area (Å²) in [4.78, 5) is 4.58. The third-order valence-electron chi connectivity index (χ3n) is 5.55. The van der Waals surface area contributed by atoms with Crippen LogP contribution in [0.1, 0.15) is 31.2 Å². The highest BCUT2D eigenvalue weighted by Gasteiger charge is 2.16. The fraction of sp³-hybridized carbons (Fsp3) is 0.261. The van der Waals surface area contributed by atoms with Gasteiger partial charge in [0.25, 0.3) is 0 Å². The van der Waals surface area contributed by atoms with Gasteiger partial charge in [0.1, 0.15) is 17.0 Å². The van der Waals surface area contributed by atoms with Crippen LogP contribution in [0, 0.1) is 11.7 Å². The Labute approximate surface area is 151 Å². The van der Waals surface area contributed by atoms with Crippen LogP contribution in [0.2, 0.25) is 0 Å². The number of hydrogen-bond acceptors (Lipinski definition) is 2. The molecule has 0 amide bonds. The topological polar surface area (TPSA) is 26.0 Å². The minimum Gasteiger partial charge on any atom is -0.456 e. The van der Waals surface area contributed by atoms with E-state index in [4.69, 9.17) is 4.42 Å². The van der Waals surface area contributed by atoms with Gasteiger partial charge >= 0.3 is 0 Å². The lowest BCUT2D eigenvalue weighted by atomic mass is 9.97. The van der Waals surface area contributed by atoms with E-state index >= 15 is 0 Å². The Kier molecular flexibility index (Phi) is 3.74. The molecule has 1 aliphatic carbocycles. The first-order valence-electron chi connectivity index (χ1n) is 9.33. The van der Waals surface area contributed by atoms with E-state index in [2.05, 4.69) is 23.2 Å². The molecule has 1 fully saturated rings. The standard InChI is InChI=1S/C23H20FNO/c24-18-6-7-19-20-13-17(5-8-22(20)26-23(19)14-18)21-12-16(9-10-25-21)11-15-3-1-2-4-15/h5-10,12-15H,1-4,11H2. The van der Waals surface area contributed by atoms with Gasteiger partial charge in [0.15, 0.2) is 0 Å². The first-order chi connectivity index (χ1) is 12.8. The molecule has 0 saturated heterocycles. The Morgan fingerprint density at radius 1 is 0.923 bits per heavy atom. The summed E-state index contributed by atoms with van der Waals surface area (Å²) in [6.45, 7) is 0. The molecule has 2 aromatic carbocycles. The highest BCUT2D eigenvalue weighted by Crippen LogP contribution is 2.33. The Bertz CT molecular complexity index is 1090. The SMILES string of the molecule is Fc1ccc2c(c1)oc1ccc(-c3cc(CC4CCCC4)ccn3)cc12. The summed E-state index contributed by atoms with van der Waals surface area (Å²) in [7, 11) is 0. The molecular weight excluding hydrogens is 325 g/mol. The molecule has 2 aromatic heterocycles. The van der Waals surface area contributed by atoms with Crippen LogP contribution in [0.5, 0.6) is 0 Å². The Hall–Kier alpha value is -2.68. The zero-order valence-electron chi connectivity index (χ0n) is 14.5. The van der Waals surface area contributed by atoms with E-state index in [1.165, 1.54) is 43.4 Å². The number of fused-ring (bicyclic) bond motifs is 3. The predicted octanol–water partition coefficient (Wildman–Crippen LogP) is 6.52. The third kappa shape index (κ3) is 2.78. The molecule has 2 nitrogen and oxygen atoms in total. The van der Waals surface area contributed by atoms with Gasteiger partial charge in [-0.15, -0.1) is 0 Å². The van der Waals surface area contributed by atoms with E-state index in [-0.39, 0.29) is 5.82 Å². The summed E-state index contributed by atoms with van der Waals surface area (Å²) >= 11 is 0. The summed E-state index contributed by atoms with van der Waals surface area (Å²) in [5, 5.41) is 1.94. The van der Waals surface area contributed by atoms with Crippen LogP contribution >= 0.6 is 0 Å². The molecule has 2 heterocycles. The number of aromatic nitrogens is 1. The molecule has 0 N–H and O–H groups in total. The molecule has 1 aliphatic rings. The zero-order valence-corrected chi connectivity index (χ0v) is 14.5. The van der Waals surface area contributed by atoms with Crippen LogP contribution in [0.4, 0.5) is 4.39 Å². The quantitative estimate of drug-likeness (QED) is 0.422. The number of pyridine rings is 1. The van der Waals surface area contributed by atoms with Gasteiger partial charge in [0, 0.05) is 28.6 Å². The normalized spacial score (nSPS) is 15.3. The second kappa shape index (κ2) is 6.24. The van der Waals surface area contributed by atoms with Crippen LogP contribution in [0.3, 0.4) is 0 Å². The maximum absolute atomic E-state index is 13.5. The van der Waals surface area contributed by atoms with E-state index < -0.39 is 0 Å². The van der Waals surface area contributed by atoms with Gasteiger partial charge in [-0.2, -0.15) is 0 Å². The van der Waals surface area contributed by atoms with Crippen molar-refractivity contribution in [2.45, 2.75) is 32.1 Å². The minimum atomic E-state index is -0.280. The summed E-state index contributed by atoms with van der Waals surface area (Å²) in [6.07, 6.45) is 8.49. The smallest absolute Gasteiger partial charge is 0.138 e. The average Bonchev–Trinajstić information content (AvgIpc) is 3.28. The predicted molar refractivity (Wildman–Crippen MR) is 103 cm³/mol. The Morgan fingerprint density at radius 3 is 2.69 bits per heavy atom. The average molecular weight is 345 g/mol. The van der Waals surface area contributed by atoms with Crippen molar-refractivity contribution in [3.63, 3.8) is 0 Å². The van der Waals surface area contributed by atoms with Crippen molar-refractivity contribution in [3.8, 4) is 11.3 Å².